The van der Waals surface area contributed by atoms with Crippen molar-refractivity contribution in [3.63, 3.8) is 0 Å². The number of hydrogen-bond donors (Lipinski definition) is 2. The number of aromatic nitrogens is 1. The Morgan fingerprint density at radius 2 is 2.11 bits per heavy atom. The second kappa shape index (κ2) is 5.53. The lowest BCUT2D eigenvalue weighted by Crippen LogP contribution is -2.04. The van der Waals surface area contributed by atoms with E-state index in [1.165, 1.54) is 12.1 Å². The summed E-state index contributed by atoms with van der Waals surface area (Å²) in [7, 11) is 0. The van der Waals surface area contributed by atoms with Gasteiger partial charge in [0.05, 0.1) is 17.1 Å². The van der Waals surface area contributed by atoms with Gasteiger partial charge < -0.3 is 11.1 Å². The van der Waals surface area contributed by atoms with Crippen LogP contribution in [0.2, 0.25) is 5.02 Å². The molecule has 0 unspecified atom stereocenters. The second-order valence-electron chi connectivity index (χ2n) is 3.84. The number of nitrogens with zero attached hydrogens (tertiary/aromatic N) is 2. The number of rotatable bonds is 4. The molecule has 0 amide bonds. The number of nitro groups is 1. The van der Waals surface area contributed by atoms with Crippen molar-refractivity contribution in [1.29, 1.82) is 0 Å². The molecule has 0 aliphatic carbocycles. The van der Waals surface area contributed by atoms with Crippen molar-refractivity contribution in [3.8, 4) is 0 Å². The maximum Gasteiger partial charge on any atom is 0.276 e. The molecule has 1 aromatic carbocycles. The average molecular weight is 279 g/mol. The van der Waals surface area contributed by atoms with Gasteiger partial charge in [-0.25, -0.2) is 4.98 Å². The van der Waals surface area contributed by atoms with Crippen LogP contribution in [-0.2, 0) is 6.54 Å². The first kappa shape index (κ1) is 13.1. The summed E-state index contributed by atoms with van der Waals surface area (Å²) in [5.74, 6) is 0.433. The molecule has 0 saturated heterocycles. The fourth-order valence-corrected chi connectivity index (χ4v) is 1.76. The van der Waals surface area contributed by atoms with Gasteiger partial charge in [-0.15, -0.1) is 0 Å². The lowest BCUT2D eigenvalue weighted by molar-refractivity contribution is -0.384. The fourth-order valence-electron chi connectivity index (χ4n) is 1.56. The minimum atomic E-state index is -0.515. The van der Waals surface area contributed by atoms with E-state index in [2.05, 4.69) is 10.3 Å². The minimum Gasteiger partial charge on any atom is -0.383 e. The lowest BCUT2D eigenvalue weighted by Gasteiger charge is -2.07. The maximum atomic E-state index is 10.7. The number of anilines is 2. The molecule has 1 heterocycles. The van der Waals surface area contributed by atoms with E-state index in [0.717, 1.165) is 5.56 Å². The first-order chi connectivity index (χ1) is 9.06. The molecular weight excluding hydrogens is 268 g/mol. The van der Waals surface area contributed by atoms with Gasteiger partial charge in [0.15, 0.2) is 0 Å². The van der Waals surface area contributed by atoms with Gasteiger partial charge in [0.25, 0.3) is 5.69 Å². The molecular formula is C12H11ClN4O2. The molecule has 98 valence electrons. The quantitative estimate of drug-likeness (QED) is 0.662. The summed E-state index contributed by atoms with van der Waals surface area (Å²) in [6.07, 6.45) is 0. The number of benzene rings is 1. The molecule has 3 N–H and O–H groups in total. The molecule has 0 atom stereocenters. The number of halogens is 1. The van der Waals surface area contributed by atoms with Gasteiger partial charge in [0, 0.05) is 11.6 Å². The average Bonchev–Trinajstić information content (AvgIpc) is 2.37. The third-order valence-corrected chi connectivity index (χ3v) is 2.83. The number of nitrogens with one attached hydrogen (secondary N) is 1. The lowest BCUT2D eigenvalue weighted by atomic mass is 10.2. The Balaban J connectivity index is 2.16. The monoisotopic (exact) mass is 278 g/mol. The minimum absolute atomic E-state index is 0.0934. The molecule has 7 heteroatoms. The number of hydrogen-bond acceptors (Lipinski definition) is 5. The zero-order chi connectivity index (χ0) is 13.8. The van der Waals surface area contributed by atoms with Crippen LogP contribution in [0.5, 0.6) is 0 Å². The van der Waals surface area contributed by atoms with Gasteiger partial charge in [-0.1, -0.05) is 29.8 Å². The van der Waals surface area contributed by atoms with Crippen molar-refractivity contribution >= 4 is 28.9 Å². The molecule has 0 bridgehead atoms. The van der Waals surface area contributed by atoms with Crippen LogP contribution in [0.1, 0.15) is 5.56 Å². The Labute approximate surface area is 114 Å². The van der Waals surface area contributed by atoms with Crippen molar-refractivity contribution in [1.82, 2.24) is 4.98 Å². The summed E-state index contributed by atoms with van der Waals surface area (Å²) in [6.45, 7) is 0.410. The molecule has 6 nitrogen and oxygen atoms in total. The summed E-state index contributed by atoms with van der Waals surface area (Å²) in [4.78, 5) is 14.2. The van der Waals surface area contributed by atoms with E-state index in [1.54, 1.807) is 6.07 Å². The Hall–Kier alpha value is -2.34. The highest BCUT2D eigenvalue weighted by Gasteiger charge is 2.09. The fraction of sp³-hybridized carbons (Fsp3) is 0.0833. The first-order valence-corrected chi connectivity index (χ1v) is 5.83. The predicted octanol–water partition coefficient (Wildman–Crippen LogP) is 2.84. The van der Waals surface area contributed by atoms with E-state index < -0.39 is 4.92 Å². The number of nitrogen functional groups attached to an aromatic ring is 1. The highest BCUT2D eigenvalue weighted by molar-refractivity contribution is 6.31. The van der Waals surface area contributed by atoms with Crippen LogP contribution in [0, 0.1) is 10.1 Å². The molecule has 2 aromatic rings. The second-order valence-corrected chi connectivity index (χ2v) is 4.24. The number of nitrogens with two attached hydrogens (primary N) is 1. The van der Waals surface area contributed by atoms with Crippen LogP contribution in [0.25, 0.3) is 0 Å². The summed E-state index contributed by atoms with van der Waals surface area (Å²) >= 11 is 6.01. The predicted molar refractivity (Wildman–Crippen MR) is 74.1 cm³/mol. The Morgan fingerprint density at radius 1 is 1.37 bits per heavy atom. The smallest absolute Gasteiger partial charge is 0.276 e. The SMILES string of the molecule is Nc1cc([N+](=O)[O-])cc(NCc2ccccc2Cl)n1. The van der Waals surface area contributed by atoms with E-state index >= 15 is 0 Å². The third kappa shape index (κ3) is 3.32. The normalized spacial score (nSPS) is 10.2. The highest BCUT2D eigenvalue weighted by atomic mass is 35.5. The summed E-state index contributed by atoms with van der Waals surface area (Å²) in [5, 5.41) is 14.3. The van der Waals surface area contributed by atoms with E-state index in [1.807, 2.05) is 18.2 Å². The first-order valence-electron chi connectivity index (χ1n) is 5.45. The van der Waals surface area contributed by atoms with Crippen LogP contribution in [0.15, 0.2) is 36.4 Å². The van der Waals surface area contributed by atoms with Crippen LogP contribution in [0.3, 0.4) is 0 Å². The number of pyridine rings is 1. The molecule has 0 aliphatic heterocycles. The Kier molecular flexibility index (Phi) is 3.82. The summed E-state index contributed by atoms with van der Waals surface area (Å²) in [5.41, 5.74) is 6.28. The molecule has 19 heavy (non-hydrogen) atoms. The Bertz CT molecular complexity index is 618. The van der Waals surface area contributed by atoms with Crippen LogP contribution in [-0.4, -0.2) is 9.91 Å². The Morgan fingerprint density at radius 3 is 2.79 bits per heavy atom. The molecule has 2 rings (SSSR count). The summed E-state index contributed by atoms with van der Waals surface area (Å²) < 4.78 is 0. The van der Waals surface area contributed by atoms with E-state index in [-0.39, 0.29) is 11.5 Å². The van der Waals surface area contributed by atoms with Gasteiger partial charge in [0.2, 0.25) is 0 Å². The molecule has 1 aromatic heterocycles. The standard InChI is InChI=1S/C12H11ClN4O2/c13-10-4-2-1-3-8(10)7-15-12-6-9(17(18)19)5-11(14)16-12/h1-6H,7H2,(H3,14,15,16). The largest absolute Gasteiger partial charge is 0.383 e. The van der Waals surface area contributed by atoms with E-state index in [9.17, 15) is 10.1 Å². The van der Waals surface area contributed by atoms with E-state index in [4.69, 9.17) is 17.3 Å². The maximum absolute atomic E-state index is 10.7. The topological polar surface area (TPSA) is 94.1 Å². The van der Waals surface area contributed by atoms with Gasteiger partial charge in [-0.3, -0.25) is 10.1 Å². The van der Waals surface area contributed by atoms with Crippen LogP contribution < -0.4 is 11.1 Å². The van der Waals surface area contributed by atoms with Gasteiger partial charge in [0.1, 0.15) is 11.6 Å². The third-order valence-electron chi connectivity index (χ3n) is 2.46. The van der Waals surface area contributed by atoms with Crippen molar-refractivity contribution in [3.05, 3.63) is 57.1 Å². The van der Waals surface area contributed by atoms with Crippen molar-refractivity contribution in [2.75, 3.05) is 11.1 Å². The van der Waals surface area contributed by atoms with Gasteiger partial charge in [-0.2, -0.15) is 0 Å². The van der Waals surface area contributed by atoms with E-state index in [0.29, 0.717) is 17.4 Å². The summed E-state index contributed by atoms with van der Waals surface area (Å²) in [6, 6.07) is 9.85. The van der Waals surface area contributed by atoms with Crippen molar-refractivity contribution < 1.29 is 4.92 Å². The molecule has 0 spiro atoms. The van der Waals surface area contributed by atoms with Gasteiger partial charge >= 0.3 is 0 Å². The van der Waals surface area contributed by atoms with Crippen LogP contribution in [0.4, 0.5) is 17.3 Å². The van der Waals surface area contributed by atoms with Gasteiger partial charge in [-0.05, 0) is 11.6 Å². The zero-order valence-corrected chi connectivity index (χ0v) is 10.6. The van der Waals surface area contributed by atoms with Crippen LogP contribution >= 0.6 is 11.6 Å². The molecule has 0 fully saturated rings. The van der Waals surface area contributed by atoms with Crippen molar-refractivity contribution in [2.24, 2.45) is 0 Å². The molecule has 0 aliphatic rings. The molecule has 0 radical (unpaired) electrons. The highest BCUT2D eigenvalue weighted by Crippen LogP contribution is 2.20. The van der Waals surface area contributed by atoms with Crippen molar-refractivity contribution in [2.45, 2.75) is 6.54 Å². The molecule has 0 saturated carbocycles. The zero-order valence-electron chi connectivity index (χ0n) is 9.84.